The van der Waals surface area contributed by atoms with Gasteiger partial charge in [0.25, 0.3) is 0 Å². The van der Waals surface area contributed by atoms with Gasteiger partial charge in [0, 0.05) is 23.1 Å². The van der Waals surface area contributed by atoms with Gasteiger partial charge in [-0.3, -0.25) is 0 Å². The molecule has 2 aromatic carbocycles. The third-order valence-corrected chi connectivity index (χ3v) is 5.31. The lowest BCUT2D eigenvalue weighted by Gasteiger charge is -2.35. The fourth-order valence-corrected chi connectivity index (χ4v) is 3.94. The minimum atomic E-state index is -0.119. The Labute approximate surface area is 154 Å². The first-order valence-electron chi connectivity index (χ1n) is 9.39. The molecule has 0 spiro atoms. The van der Waals surface area contributed by atoms with Gasteiger partial charge in [-0.1, -0.05) is 12.1 Å². The lowest BCUT2D eigenvalue weighted by molar-refractivity contribution is 0.0826. The predicted octanol–water partition coefficient (Wildman–Crippen LogP) is 4.61. The number of ether oxygens (including phenoxy) is 3. The molecule has 0 saturated carbocycles. The van der Waals surface area contributed by atoms with E-state index in [-0.39, 0.29) is 17.3 Å². The van der Waals surface area contributed by atoms with E-state index in [9.17, 15) is 5.11 Å². The largest absolute Gasteiger partial charge is 0.508 e. The van der Waals surface area contributed by atoms with Crippen molar-refractivity contribution >= 4 is 0 Å². The molecule has 1 unspecified atom stereocenters. The summed E-state index contributed by atoms with van der Waals surface area (Å²) in [5, 5.41) is 10.4. The van der Waals surface area contributed by atoms with Crippen molar-refractivity contribution in [1.82, 2.24) is 0 Å². The molecule has 4 heteroatoms. The van der Waals surface area contributed by atoms with Crippen LogP contribution in [-0.2, 0) is 12.8 Å². The maximum absolute atomic E-state index is 10.4. The molecule has 2 heterocycles. The number of phenols is 1. The van der Waals surface area contributed by atoms with Crippen molar-refractivity contribution in [1.29, 1.82) is 0 Å². The third-order valence-electron chi connectivity index (χ3n) is 5.31. The van der Waals surface area contributed by atoms with Gasteiger partial charge in [-0.2, -0.15) is 0 Å². The number of hydrogen-bond acceptors (Lipinski definition) is 4. The van der Waals surface area contributed by atoms with E-state index in [1.807, 2.05) is 19.1 Å². The van der Waals surface area contributed by atoms with Crippen LogP contribution >= 0.6 is 0 Å². The van der Waals surface area contributed by atoms with E-state index in [0.29, 0.717) is 19.0 Å². The summed E-state index contributed by atoms with van der Waals surface area (Å²) in [6, 6.07) is 9.73. The zero-order valence-electron chi connectivity index (χ0n) is 15.7. The Hall–Kier alpha value is -2.36. The van der Waals surface area contributed by atoms with Crippen molar-refractivity contribution in [3.8, 4) is 23.0 Å². The van der Waals surface area contributed by atoms with Gasteiger partial charge in [0.15, 0.2) is 0 Å². The summed E-state index contributed by atoms with van der Waals surface area (Å²) in [7, 11) is 0. The number of rotatable bonds is 3. The number of benzene rings is 2. The Morgan fingerprint density at radius 1 is 1.23 bits per heavy atom. The molecule has 2 aliphatic heterocycles. The second-order valence-electron chi connectivity index (χ2n) is 7.76. The summed E-state index contributed by atoms with van der Waals surface area (Å²) in [5.74, 6) is 3.04. The van der Waals surface area contributed by atoms with Crippen LogP contribution in [0.25, 0.3) is 0 Å². The number of hydrogen-bond donors (Lipinski definition) is 1. The Morgan fingerprint density at radius 2 is 2.08 bits per heavy atom. The standard InChI is InChI=1S/C22H26O4/c1-4-24-16-6-7-17(19(23)12-16)15-11-14-5-8-20-18(21(14)25-13-15)9-10-22(2,3)26-20/h5-8,12,15,23H,4,9-11,13H2,1-3H3. The second kappa shape index (κ2) is 6.42. The molecule has 0 amide bonds. The van der Waals surface area contributed by atoms with Gasteiger partial charge < -0.3 is 19.3 Å². The van der Waals surface area contributed by atoms with Gasteiger partial charge >= 0.3 is 0 Å². The van der Waals surface area contributed by atoms with E-state index < -0.39 is 0 Å². The lowest BCUT2D eigenvalue weighted by atomic mass is 9.86. The van der Waals surface area contributed by atoms with E-state index in [2.05, 4.69) is 26.0 Å². The van der Waals surface area contributed by atoms with Crippen molar-refractivity contribution in [2.24, 2.45) is 0 Å². The molecule has 0 radical (unpaired) electrons. The maximum atomic E-state index is 10.4. The van der Waals surface area contributed by atoms with Crippen molar-refractivity contribution in [3.05, 3.63) is 47.0 Å². The zero-order chi connectivity index (χ0) is 18.3. The highest BCUT2D eigenvalue weighted by Gasteiger charge is 2.32. The number of aromatic hydroxyl groups is 1. The van der Waals surface area contributed by atoms with Crippen LogP contribution in [0.1, 0.15) is 49.8 Å². The Bertz CT molecular complexity index is 825. The molecule has 26 heavy (non-hydrogen) atoms. The van der Waals surface area contributed by atoms with Gasteiger partial charge in [-0.05, 0) is 57.7 Å². The topological polar surface area (TPSA) is 47.9 Å². The first-order chi connectivity index (χ1) is 12.5. The predicted molar refractivity (Wildman–Crippen MR) is 101 cm³/mol. The molecule has 0 fully saturated rings. The number of fused-ring (bicyclic) bond motifs is 3. The summed E-state index contributed by atoms with van der Waals surface area (Å²) in [5.41, 5.74) is 3.17. The average Bonchev–Trinajstić information content (AvgIpc) is 2.60. The fraction of sp³-hybridized carbons (Fsp3) is 0.455. The zero-order valence-corrected chi connectivity index (χ0v) is 15.7. The van der Waals surface area contributed by atoms with Gasteiger partial charge in [0.05, 0.1) is 13.2 Å². The van der Waals surface area contributed by atoms with E-state index >= 15 is 0 Å². The highest BCUT2D eigenvalue weighted by Crippen LogP contribution is 2.44. The summed E-state index contributed by atoms with van der Waals surface area (Å²) in [6.45, 7) is 7.33. The SMILES string of the molecule is CCOc1ccc(C2COc3c(ccc4c3CCC(C)(C)O4)C2)c(O)c1. The minimum absolute atomic E-state index is 0.119. The Morgan fingerprint density at radius 3 is 2.85 bits per heavy atom. The van der Waals surface area contributed by atoms with E-state index in [1.165, 1.54) is 11.1 Å². The highest BCUT2D eigenvalue weighted by molar-refractivity contribution is 5.54. The van der Waals surface area contributed by atoms with Crippen LogP contribution in [0.15, 0.2) is 30.3 Å². The van der Waals surface area contributed by atoms with Gasteiger partial charge in [-0.15, -0.1) is 0 Å². The lowest BCUT2D eigenvalue weighted by Crippen LogP contribution is -2.33. The first-order valence-corrected chi connectivity index (χ1v) is 9.39. The van der Waals surface area contributed by atoms with Gasteiger partial charge in [0.2, 0.25) is 0 Å². The Kier molecular flexibility index (Phi) is 4.22. The molecule has 0 aromatic heterocycles. The fourth-order valence-electron chi connectivity index (χ4n) is 3.94. The highest BCUT2D eigenvalue weighted by atomic mass is 16.5. The summed E-state index contributed by atoms with van der Waals surface area (Å²) in [4.78, 5) is 0. The third kappa shape index (κ3) is 3.09. The summed E-state index contributed by atoms with van der Waals surface area (Å²) >= 11 is 0. The summed E-state index contributed by atoms with van der Waals surface area (Å²) < 4.78 is 17.7. The van der Waals surface area contributed by atoms with Crippen molar-refractivity contribution in [3.63, 3.8) is 0 Å². The van der Waals surface area contributed by atoms with Crippen molar-refractivity contribution < 1.29 is 19.3 Å². The second-order valence-corrected chi connectivity index (χ2v) is 7.76. The van der Waals surface area contributed by atoms with Crippen molar-refractivity contribution in [2.45, 2.75) is 51.6 Å². The van der Waals surface area contributed by atoms with Crippen LogP contribution in [0.2, 0.25) is 0 Å². The van der Waals surface area contributed by atoms with Crippen LogP contribution in [0, 0.1) is 0 Å². The molecule has 2 aromatic rings. The molecule has 1 atom stereocenters. The smallest absolute Gasteiger partial charge is 0.129 e. The Balaban J connectivity index is 1.59. The van der Waals surface area contributed by atoms with Crippen LogP contribution < -0.4 is 14.2 Å². The molecule has 0 aliphatic carbocycles. The quantitative estimate of drug-likeness (QED) is 0.874. The van der Waals surface area contributed by atoms with Gasteiger partial charge in [0.1, 0.15) is 28.6 Å². The molecule has 4 nitrogen and oxygen atoms in total. The normalized spacial score (nSPS) is 20.3. The van der Waals surface area contributed by atoms with E-state index in [4.69, 9.17) is 14.2 Å². The molecule has 0 bridgehead atoms. The van der Waals surface area contributed by atoms with Crippen LogP contribution in [0.3, 0.4) is 0 Å². The molecule has 2 aliphatic rings. The minimum Gasteiger partial charge on any atom is -0.508 e. The molecule has 0 saturated heterocycles. The molecular weight excluding hydrogens is 328 g/mol. The van der Waals surface area contributed by atoms with Crippen LogP contribution in [0.5, 0.6) is 23.0 Å². The van der Waals surface area contributed by atoms with Crippen LogP contribution in [0.4, 0.5) is 0 Å². The van der Waals surface area contributed by atoms with Crippen LogP contribution in [-0.4, -0.2) is 23.9 Å². The monoisotopic (exact) mass is 354 g/mol. The van der Waals surface area contributed by atoms with Crippen molar-refractivity contribution in [2.75, 3.05) is 13.2 Å². The first kappa shape index (κ1) is 17.1. The number of phenolic OH excluding ortho intramolecular Hbond substituents is 1. The molecule has 1 N–H and O–H groups in total. The molecular formula is C22H26O4. The molecule has 138 valence electrons. The summed E-state index contributed by atoms with van der Waals surface area (Å²) in [6.07, 6.45) is 2.82. The average molecular weight is 354 g/mol. The maximum Gasteiger partial charge on any atom is 0.129 e. The molecule has 4 rings (SSSR count). The van der Waals surface area contributed by atoms with E-state index in [0.717, 1.165) is 36.3 Å². The van der Waals surface area contributed by atoms with Gasteiger partial charge in [-0.25, -0.2) is 0 Å². The van der Waals surface area contributed by atoms with E-state index in [1.54, 1.807) is 6.07 Å².